The summed E-state index contributed by atoms with van der Waals surface area (Å²) in [6, 6.07) is 47.8. The van der Waals surface area contributed by atoms with Crippen molar-refractivity contribution in [2.75, 3.05) is 4.90 Å². The molecule has 8 rings (SSSR count). The third kappa shape index (κ3) is 3.92. The fraction of sp³-hybridized carbons (Fsp3) is 0.0769. The molecule has 0 fully saturated rings. The molecule has 1 aliphatic rings. The maximum Gasteiger partial charge on any atom is 0.135 e. The first kappa shape index (κ1) is 25.1. The lowest BCUT2D eigenvalue weighted by molar-refractivity contribution is 0.632. The van der Waals surface area contributed by atoms with Gasteiger partial charge in [-0.3, -0.25) is 0 Å². The minimum Gasteiger partial charge on any atom is -0.456 e. The summed E-state index contributed by atoms with van der Waals surface area (Å²) in [4.78, 5) is 2.40. The van der Waals surface area contributed by atoms with Gasteiger partial charge >= 0.3 is 0 Å². The van der Waals surface area contributed by atoms with Crippen molar-refractivity contribution in [3.63, 3.8) is 0 Å². The fourth-order valence-electron chi connectivity index (χ4n) is 6.57. The van der Waals surface area contributed by atoms with Crippen LogP contribution in [0.3, 0.4) is 0 Å². The predicted molar refractivity (Wildman–Crippen MR) is 179 cm³/mol. The number of anilines is 3. The number of furan rings is 1. The highest BCUT2D eigenvalue weighted by Crippen LogP contribution is 2.52. The molecule has 1 aromatic heterocycles. The van der Waals surface area contributed by atoms with Crippen molar-refractivity contribution in [2.24, 2.45) is 0 Å². The van der Waals surface area contributed by atoms with Crippen LogP contribution in [0, 0.1) is 0 Å². The number of fused-ring (bicyclic) bond motifs is 5. The van der Waals surface area contributed by atoms with Crippen molar-refractivity contribution in [1.82, 2.24) is 0 Å². The Morgan fingerprint density at radius 2 is 1.17 bits per heavy atom. The molecule has 2 heterocycles. The monoisotopic (exact) mass is 605 g/mol. The standard InChI is InChI=1S/C39H28BrNO/c1-39(2)33-13-7-8-14-35(33)41(30-10-4-3-5-11-30)36-18-16-26(24-34(36)39)28-20-27(21-29(40)22-28)25-17-19-38-32(23-25)31-12-6-9-15-37(31)42-38/h3-24H,1-2H3. The van der Waals surface area contributed by atoms with Crippen LogP contribution in [0.25, 0.3) is 44.2 Å². The van der Waals surface area contributed by atoms with Gasteiger partial charge < -0.3 is 9.32 Å². The molecule has 0 amide bonds. The van der Waals surface area contributed by atoms with Crippen molar-refractivity contribution >= 4 is 54.9 Å². The summed E-state index contributed by atoms with van der Waals surface area (Å²) in [5.41, 5.74) is 12.7. The average molecular weight is 607 g/mol. The van der Waals surface area contributed by atoms with E-state index < -0.39 is 0 Å². The summed E-state index contributed by atoms with van der Waals surface area (Å²) < 4.78 is 7.14. The Morgan fingerprint density at radius 1 is 0.524 bits per heavy atom. The van der Waals surface area contributed by atoms with Crippen molar-refractivity contribution < 1.29 is 4.42 Å². The van der Waals surface area contributed by atoms with Gasteiger partial charge in [0.25, 0.3) is 0 Å². The second-order valence-electron chi connectivity index (χ2n) is 11.6. The Kier molecular flexibility index (Phi) is 5.67. The van der Waals surface area contributed by atoms with Crippen molar-refractivity contribution in [1.29, 1.82) is 0 Å². The van der Waals surface area contributed by atoms with Gasteiger partial charge in [0.1, 0.15) is 11.2 Å². The largest absolute Gasteiger partial charge is 0.456 e. The van der Waals surface area contributed by atoms with Crippen LogP contribution in [0.5, 0.6) is 0 Å². The zero-order chi connectivity index (χ0) is 28.4. The first-order valence-corrected chi connectivity index (χ1v) is 15.1. The van der Waals surface area contributed by atoms with Gasteiger partial charge in [0.15, 0.2) is 0 Å². The Bertz CT molecular complexity index is 2140. The lowest BCUT2D eigenvalue weighted by atomic mass is 9.73. The lowest BCUT2D eigenvalue weighted by Gasteiger charge is -2.42. The normalized spacial score (nSPS) is 13.7. The molecule has 0 bridgehead atoms. The van der Waals surface area contributed by atoms with Crippen LogP contribution in [-0.2, 0) is 5.41 Å². The van der Waals surface area contributed by atoms with Crippen molar-refractivity contribution in [3.05, 3.63) is 149 Å². The van der Waals surface area contributed by atoms with E-state index >= 15 is 0 Å². The van der Waals surface area contributed by atoms with Gasteiger partial charge in [0.05, 0.1) is 11.4 Å². The Labute approximate surface area is 254 Å². The number of para-hydroxylation sites is 3. The van der Waals surface area contributed by atoms with Gasteiger partial charge in [-0.1, -0.05) is 96.5 Å². The Balaban J connectivity index is 1.27. The molecular weight excluding hydrogens is 578 g/mol. The molecule has 0 unspecified atom stereocenters. The molecule has 0 saturated heterocycles. The van der Waals surface area contributed by atoms with E-state index in [1.807, 2.05) is 12.1 Å². The number of rotatable bonds is 3. The zero-order valence-corrected chi connectivity index (χ0v) is 25.0. The van der Waals surface area contributed by atoms with Crippen LogP contribution in [0.2, 0.25) is 0 Å². The molecule has 0 aliphatic carbocycles. The molecule has 42 heavy (non-hydrogen) atoms. The quantitative estimate of drug-likeness (QED) is 0.199. The van der Waals surface area contributed by atoms with E-state index in [9.17, 15) is 0 Å². The molecule has 2 nitrogen and oxygen atoms in total. The zero-order valence-electron chi connectivity index (χ0n) is 23.4. The number of hydrogen-bond donors (Lipinski definition) is 0. The van der Waals surface area contributed by atoms with Gasteiger partial charge in [-0.25, -0.2) is 0 Å². The third-order valence-electron chi connectivity index (χ3n) is 8.68. The molecule has 0 saturated carbocycles. The SMILES string of the molecule is CC1(C)c2ccccc2N(c2ccccc2)c2ccc(-c3cc(Br)cc(-c4ccc5oc6ccccc6c5c4)c3)cc21. The summed E-state index contributed by atoms with van der Waals surface area (Å²) in [5, 5.41) is 2.28. The number of halogens is 1. The van der Waals surface area contributed by atoms with E-state index in [0.717, 1.165) is 26.4 Å². The average Bonchev–Trinajstić information content (AvgIpc) is 3.39. The highest BCUT2D eigenvalue weighted by Gasteiger charge is 2.36. The lowest BCUT2D eigenvalue weighted by Crippen LogP contribution is -2.30. The van der Waals surface area contributed by atoms with Gasteiger partial charge in [-0.05, 0) is 100 Å². The van der Waals surface area contributed by atoms with Gasteiger partial charge in [0, 0.05) is 26.3 Å². The summed E-state index contributed by atoms with van der Waals surface area (Å²) >= 11 is 3.82. The maximum absolute atomic E-state index is 6.08. The van der Waals surface area contributed by atoms with Gasteiger partial charge in [-0.2, -0.15) is 0 Å². The molecule has 6 aromatic carbocycles. The molecule has 202 valence electrons. The van der Waals surface area contributed by atoms with Gasteiger partial charge in [0.2, 0.25) is 0 Å². The van der Waals surface area contributed by atoms with Crippen molar-refractivity contribution in [3.8, 4) is 22.3 Å². The van der Waals surface area contributed by atoms with E-state index in [2.05, 4.69) is 156 Å². The fourth-order valence-corrected chi connectivity index (χ4v) is 7.06. The second kappa shape index (κ2) is 9.47. The van der Waals surface area contributed by atoms with Crippen LogP contribution in [-0.4, -0.2) is 0 Å². The Hall–Kier alpha value is -4.60. The van der Waals surface area contributed by atoms with Crippen LogP contribution in [0.15, 0.2) is 142 Å². The Morgan fingerprint density at radius 3 is 2.00 bits per heavy atom. The summed E-state index contributed by atoms with van der Waals surface area (Å²) in [6.45, 7) is 4.68. The van der Waals surface area contributed by atoms with Gasteiger partial charge in [-0.15, -0.1) is 0 Å². The molecule has 0 atom stereocenters. The van der Waals surface area contributed by atoms with E-state index in [0.29, 0.717) is 0 Å². The highest BCUT2D eigenvalue weighted by atomic mass is 79.9. The first-order valence-electron chi connectivity index (χ1n) is 14.3. The minimum atomic E-state index is -0.157. The molecule has 0 radical (unpaired) electrons. The van der Waals surface area contributed by atoms with Crippen molar-refractivity contribution in [2.45, 2.75) is 19.3 Å². The summed E-state index contributed by atoms with van der Waals surface area (Å²) in [6.07, 6.45) is 0. The number of nitrogens with zero attached hydrogens (tertiary/aromatic N) is 1. The van der Waals surface area contributed by atoms with E-state index in [-0.39, 0.29) is 5.41 Å². The molecule has 7 aromatic rings. The van der Waals surface area contributed by atoms with Crippen LogP contribution in [0.4, 0.5) is 17.1 Å². The van der Waals surface area contributed by atoms with Crippen LogP contribution < -0.4 is 4.90 Å². The molecular formula is C39H28BrNO. The second-order valence-corrected chi connectivity index (χ2v) is 12.5. The van der Waals surface area contributed by atoms with Crippen LogP contribution >= 0.6 is 15.9 Å². The van der Waals surface area contributed by atoms with E-state index in [1.54, 1.807) is 0 Å². The predicted octanol–water partition coefficient (Wildman–Crippen LogP) is 11.8. The summed E-state index contributed by atoms with van der Waals surface area (Å²) in [5.74, 6) is 0. The van der Waals surface area contributed by atoms with E-state index in [1.165, 1.54) is 50.4 Å². The third-order valence-corrected chi connectivity index (χ3v) is 9.14. The van der Waals surface area contributed by atoms with E-state index in [4.69, 9.17) is 4.42 Å². The minimum absolute atomic E-state index is 0.157. The topological polar surface area (TPSA) is 16.4 Å². The molecule has 0 N–H and O–H groups in total. The first-order chi connectivity index (χ1) is 20.5. The molecule has 1 aliphatic heterocycles. The number of benzene rings is 6. The number of hydrogen-bond acceptors (Lipinski definition) is 2. The smallest absolute Gasteiger partial charge is 0.135 e. The molecule has 0 spiro atoms. The summed E-state index contributed by atoms with van der Waals surface area (Å²) in [7, 11) is 0. The highest BCUT2D eigenvalue weighted by molar-refractivity contribution is 9.10. The van der Waals surface area contributed by atoms with Crippen LogP contribution in [0.1, 0.15) is 25.0 Å². The molecule has 3 heteroatoms. The maximum atomic E-state index is 6.08.